The van der Waals surface area contributed by atoms with Gasteiger partial charge in [0.2, 0.25) is 5.91 Å². The standard InChI is InChI=1S/C16H22N2O/c1-12(2)16(19)18-11-13(9-10-17(3)4)14-7-5-6-8-15(14)18/h5-8,11-12H,9-10H2,1-4H3. The number of hydrogen-bond acceptors (Lipinski definition) is 2. The second kappa shape index (κ2) is 5.57. The summed E-state index contributed by atoms with van der Waals surface area (Å²) in [6.45, 7) is 4.87. The highest BCUT2D eigenvalue weighted by atomic mass is 16.2. The Morgan fingerprint density at radius 1 is 1.26 bits per heavy atom. The molecule has 102 valence electrons. The average molecular weight is 258 g/mol. The van der Waals surface area contributed by atoms with Gasteiger partial charge in [0.15, 0.2) is 0 Å². The number of nitrogens with zero attached hydrogens (tertiary/aromatic N) is 2. The van der Waals surface area contributed by atoms with Crippen LogP contribution in [0.5, 0.6) is 0 Å². The number of rotatable bonds is 4. The third-order valence-electron chi connectivity index (χ3n) is 3.35. The molecule has 0 saturated heterocycles. The van der Waals surface area contributed by atoms with E-state index in [9.17, 15) is 4.79 Å². The Kier molecular flexibility index (Phi) is 4.05. The molecule has 0 aliphatic heterocycles. The highest BCUT2D eigenvalue weighted by Gasteiger charge is 2.15. The Hall–Kier alpha value is -1.61. The Morgan fingerprint density at radius 2 is 1.95 bits per heavy atom. The summed E-state index contributed by atoms with van der Waals surface area (Å²) < 4.78 is 1.81. The molecule has 0 unspecified atom stereocenters. The lowest BCUT2D eigenvalue weighted by Gasteiger charge is -2.08. The Labute approximate surface area is 114 Å². The molecule has 0 aliphatic rings. The molecule has 0 N–H and O–H groups in total. The van der Waals surface area contributed by atoms with Crippen molar-refractivity contribution in [2.24, 2.45) is 5.92 Å². The summed E-state index contributed by atoms with van der Waals surface area (Å²) in [7, 11) is 4.14. The van der Waals surface area contributed by atoms with E-state index in [0.29, 0.717) is 0 Å². The van der Waals surface area contributed by atoms with Crippen molar-refractivity contribution in [1.82, 2.24) is 9.47 Å². The number of fused-ring (bicyclic) bond motifs is 1. The summed E-state index contributed by atoms with van der Waals surface area (Å²) in [5.41, 5.74) is 2.27. The summed E-state index contributed by atoms with van der Waals surface area (Å²) in [5.74, 6) is 0.171. The van der Waals surface area contributed by atoms with Crippen LogP contribution in [0.4, 0.5) is 0 Å². The van der Waals surface area contributed by atoms with Gasteiger partial charge in [-0.1, -0.05) is 32.0 Å². The number of para-hydroxylation sites is 1. The molecular weight excluding hydrogens is 236 g/mol. The molecule has 0 spiro atoms. The normalized spacial score (nSPS) is 11.7. The Bertz CT molecular complexity index is 581. The van der Waals surface area contributed by atoms with Crippen LogP contribution >= 0.6 is 0 Å². The van der Waals surface area contributed by atoms with Gasteiger partial charge in [-0.15, -0.1) is 0 Å². The second-order valence-electron chi connectivity index (χ2n) is 5.59. The zero-order valence-corrected chi connectivity index (χ0v) is 12.2. The molecule has 0 radical (unpaired) electrons. The number of carbonyl (C=O) groups excluding carboxylic acids is 1. The fourth-order valence-electron chi connectivity index (χ4n) is 2.25. The first kappa shape index (κ1) is 13.8. The van der Waals surface area contributed by atoms with Crippen molar-refractivity contribution in [3.05, 3.63) is 36.0 Å². The summed E-state index contributed by atoms with van der Waals surface area (Å²) in [5, 5.41) is 1.19. The van der Waals surface area contributed by atoms with Crippen LogP contribution in [-0.2, 0) is 6.42 Å². The molecule has 1 aromatic carbocycles. The number of carbonyl (C=O) groups is 1. The summed E-state index contributed by atoms with van der Waals surface area (Å²) in [6.07, 6.45) is 2.97. The first-order valence-electron chi connectivity index (χ1n) is 6.78. The van der Waals surface area contributed by atoms with Gasteiger partial charge in [0.05, 0.1) is 5.52 Å². The molecule has 2 aromatic rings. The second-order valence-corrected chi connectivity index (χ2v) is 5.59. The summed E-state index contributed by atoms with van der Waals surface area (Å²) in [6, 6.07) is 8.15. The number of likely N-dealkylation sites (N-methyl/N-ethyl adjacent to an activating group) is 1. The summed E-state index contributed by atoms with van der Waals surface area (Å²) >= 11 is 0. The van der Waals surface area contributed by atoms with E-state index in [2.05, 4.69) is 25.1 Å². The zero-order chi connectivity index (χ0) is 14.0. The molecule has 0 saturated carbocycles. The lowest BCUT2D eigenvalue weighted by atomic mass is 10.1. The monoisotopic (exact) mass is 258 g/mol. The molecule has 2 rings (SSSR count). The van der Waals surface area contributed by atoms with Gasteiger partial charge in [-0.05, 0) is 32.1 Å². The minimum absolute atomic E-state index is 0.0116. The van der Waals surface area contributed by atoms with Crippen molar-refractivity contribution in [2.75, 3.05) is 20.6 Å². The molecule has 0 aliphatic carbocycles. The maximum atomic E-state index is 12.3. The van der Waals surface area contributed by atoms with Crippen molar-refractivity contribution in [3.8, 4) is 0 Å². The molecule has 19 heavy (non-hydrogen) atoms. The van der Waals surface area contributed by atoms with Crippen molar-refractivity contribution >= 4 is 16.8 Å². The van der Waals surface area contributed by atoms with Crippen LogP contribution in [0.15, 0.2) is 30.5 Å². The van der Waals surface area contributed by atoms with Crippen LogP contribution in [0.2, 0.25) is 0 Å². The molecule has 0 bridgehead atoms. The maximum absolute atomic E-state index is 12.3. The van der Waals surface area contributed by atoms with Gasteiger partial charge in [0, 0.05) is 24.0 Å². The number of benzene rings is 1. The van der Waals surface area contributed by atoms with Gasteiger partial charge in [-0.3, -0.25) is 9.36 Å². The highest BCUT2D eigenvalue weighted by Crippen LogP contribution is 2.23. The highest BCUT2D eigenvalue weighted by molar-refractivity contribution is 5.95. The van der Waals surface area contributed by atoms with Crippen LogP contribution < -0.4 is 0 Å². The minimum atomic E-state index is 0.0116. The molecule has 0 atom stereocenters. The Balaban J connectivity index is 2.45. The molecule has 3 nitrogen and oxygen atoms in total. The smallest absolute Gasteiger partial charge is 0.233 e. The van der Waals surface area contributed by atoms with E-state index in [1.807, 2.05) is 42.8 Å². The molecule has 3 heteroatoms. The lowest BCUT2D eigenvalue weighted by Crippen LogP contribution is -2.16. The van der Waals surface area contributed by atoms with Crippen molar-refractivity contribution in [3.63, 3.8) is 0 Å². The van der Waals surface area contributed by atoms with Crippen molar-refractivity contribution in [1.29, 1.82) is 0 Å². The van der Waals surface area contributed by atoms with Crippen molar-refractivity contribution < 1.29 is 4.79 Å². The third kappa shape index (κ3) is 2.87. The topological polar surface area (TPSA) is 25.2 Å². The summed E-state index contributed by atoms with van der Waals surface area (Å²) in [4.78, 5) is 14.4. The van der Waals surface area contributed by atoms with Gasteiger partial charge in [0.1, 0.15) is 0 Å². The largest absolute Gasteiger partial charge is 0.309 e. The predicted octanol–water partition coefficient (Wildman–Crippen LogP) is 3.04. The number of hydrogen-bond donors (Lipinski definition) is 0. The molecular formula is C16H22N2O. The van der Waals surface area contributed by atoms with Crippen LogP contribution in [-0.4, -0.2) is 36.0 Å². The molecule has 0 fully saturated rings. The van der Waals surface area contributed by atoms with E-state index in [1.165, 1.54) is 10.9 Å². The fraction of sp³-hybridized carbons (Fsp3) is 0.438. The first-order valence-corrected chi connectivity index (χ1v) is 6.78. The maximum Gasteiger partial charge on any atom is 0.233 e. The van der Waals surface area contributed by atoms with Crippen LogP contribution in [0, 0.1) is 5.92 Å². The molecule has 1 aromatic heterocycles. The quantitative estimate of drug-likeness (QED) is 0.842. The lowest BCUT2D eigenvalue weighted by molar-refractivity contribution is 0.0860. The van der Waals surface area contributed by atoms with Gasteiger partial charge in [-0.2, -0.15) is 0 Å². The van der Waals surface area contributed by atoms with Crippen LogP contribution in [0.1, 0.15) is 24.2 Å². The van der Waals surface area contributed by atoms with E-state index in [-0.39, 0.29) is 11.8 Å². The van der Waals surface area contributed by atoms with Crippen LogP contribution in [0.3, 0.4) is 0 Å². The third-order valence-corrected chi connectivity index (χ3v) is 3.35. The predicted molar refractivity (Wildman–Crippen MR) is 79.7 cm³/mol. The number of aromatic nitrogens is 1. The van der Waals surface area contributed by atoms with Gasteiger partial charge in [0.25, 0.3) is 0 Å². The van der Waals surface area contributed by atoms with E-state index < -0.39 is 0 Å². The molecule has 0 amide bonds. The zero-order valence-electron chi connectivity index (χ0n) is 12.2. The van der Waals surface area contributed by atoms with Crippen LogP contribution in [0.25, 0.3) is 10.9 Å². The van der Waals surface area contributed by atoms with E-state index >= 15 is 0 Å². The molecule has 1 heterocycles. The van der Waals surface area contributed by atoms with E-state index in [4.69, 9.17) is 0 Å². The average Bonchev–Trinajstić information content (AvgIpc) is 2.74. The SMILES string of the molecule is CC(C)C(=O)n1cc(CCN(C)C)c2ccccc21. The fourth-order valence-corrected chi connectivity index (χ4v) is 2.25. The van der Waals surface area contributed by atoms with Gasteiger partial charge in [-0.25, -0.2) is 0 Å². The minimum Gasteiger partial charge on any atom is -0.309 e. The van der Waals surface area contributed by atoms with Gasteiger partial charge >= 0.3 is 0 Å². The van der Waals surface area contributed by atoms with Gasteiger partial charge < -0.3 is 4.90 Å². The van der Waals surface area contributed by atoms with E-state index in [1.54, 1.807) is 0 Å². The van der Waals surface area contributed by atoms with E-state index in [0.717, 1.165) is 18.5 Å². The first-order chi connectivity index (χ1) is 9.00. The Morgan fingerprint density at radius 3 is 2.58 bits per heavy atom. The van der Waals surface area contributed by atoms with Crippen molar-refractivity contribution in [2.45, 2.75) is 20.3 Å².